The van der Waals surface area contributed by atoms with E-state index >= 15 is 0 Å². The molecule has 1 saturated heterocycles. The van der Waals surface area contributed by atoms with Gasteiger partial charge in [-0.25, -0.2) is 9.67 Å². The standard InChI is InChI=1S/C18H20N6O/c1-23-16-8-7-13(12-15(16)21-22-23)18(25)20-14-6-5-9-19-17(14)24-10-3-2-4-11-24/h5-9,12H,2-4,10-11H2,1H3,(H,20,25). The van der Waals surface area contributed by atoms with Crippen molar-refractivity contribution in [1.29, 1.82) is 0 Å². The second-order valence-electron chi connectivity index (χ2n) is 6.29. The predicted molar refractivity (Wildman–Crippen MR) is 96.8 cm³/mol. The summed E-state index contributed by atoms with van der Waals surface area (Å²) in [4.78, 5) is 19.4. The first kappa shape index (κ1) is 15.6. The zero-order valence-electron chi connectivity index (χ0n) is 14.1. The predicted octanol–water partition coefficient (Wildman–Crippen LogP) is 2.61. The molecule has 1 aromatic carbocycles. The molecule has 0 aliphatic carbocycles. The first-order valence-electron chi connectivity index (χ1n) is 8.53. The highest BCUT2D eigenvalue weighted by Gasteiger charge is 2.17. The highest BCUT2D eigenvalue weighted by Crippen LogP contribution is 2.26. The molecule has 25 heavy (non-hydrogen) atoms. The van der Waals surface area contributed by atoms with Gasteiger partial charge >= 0.3 is 0 Å². The Labute approximate surface area is 145 Å². The highest BCUT2D eigenvalue weighted by molar-refractivity contribution is 6.07. The Morgan fingerprint density at radius 3 is 2.84 bits per heavy atom. The number of hydrogen-bond acceptors (Lipinski definition) is 5. The van der Waals surface area contributed by atoms with Gasteiger partial charge in [0, 0.05) is 31.9 Å². The van der Waals surface area contributed by atoms with Gasteiger partial charge in [0.2, 0.25) is 0 Å². The van der Waals surface area contributed by atoms with Crippen molar-refractivity contribution in [2.45, 2.75) is 19.3 Å². The third-order valence-corrected chi connectivity index (χ3v) is 4.56. The maximum atomic E-state index is 12.7. The van der Waals surface area contributed by atoms with E-state index in [2.05, 4.69) is 25.5 Å². The van der Waals surface area contributed by atoms with Crippen LogP contribution < -0.4 is 10.2 Å². The number of nitrogens with zero attached hydrogens (tertiary/aromatic N) is 5. The van der Waals surface area contributed by atoms with Crippen LogP contribution in [0.15, 0.2) is 36.5 Å². The van der Waals surface area contributed by atoms with Crippen LogP contribution in [0.5, 0.6) is 0 Å². The number of carbonyl (C=O) groups excluding carboxylic acids is 1. The zero-order valence-corrected chi connectivity index (χ0v) is 14.1. The fraction of sp³-hybridized carbons (Fsp3) is 0.333. The van der Waals surface area contributed by atoms with E-state index in [1.165, 1.54) is 6.42 Å². The van der Waals surface area contributed by atoms with Gasteiger partial charge in [-0.1, -0.05) is 5.21 Å². The van der Waals surface area contributed by atoms with Crippen molar-refractivity contribution in [2.24, 2.45) is 7.05 Å². The Kier molecular flexibility index (Phi) is 4.05. The molecule has 1 amide bonds. The molecule has 0 saturated carbocycles. The summed E-state index contributed by atoms with van der Waals surface area (Å²) in [5.41, 5.74) is 2.90. The van der Waals surface area contributed by atoms with Crippen LogP contribution in [-0.2, 0) is 7.05 Å². The number of aryl methyl sites for hydroxylation is 1. The third kappa shape index (κ3) is 3.05. The Morgan fingerprint density at radius 1 is 1.16 bits per heavy atom. The summed E-state index contributed by atoms with van der Waals surface area (Å²) in [6.45, 7) is 1.96. The molecule has 1 aliphatic rings. The highest BCUT2D eigenvalue weighted by atomic mass is 16.1. The molecule has 1 N–H and O–H groups in total. The van der Waals surface area contributed by atoms with E-state index in [0.717, 1.165) is 43.0 Å². The summed E-state index contributed by atoms with van der Waals surface area (Å²) in [6, 6.07) is 9.15. The van der Waals surface area contributed by atoms with Gasteiger partial charge in [0.15, 0.2) is 5.82 Å². The maximum Gasteiger partial charge on any atom is 0.255 e. The van der Waals surface area contributed by atoms with Gasteiger partial charge in [0.05, 0.1) is 11.2 Å². The molecule has 3 heterocycles. The van der Waals surface area contributed by atoms with Crippen LogP contribution in [0.4, 0.5) is 11.5 Å². The summed E-state index contributed by atoms with van der Waals surface area (Å²) in [5, 5.41) is 11.0. The topological polar surface area (TPSA) is 75.9 Å². The van der Waals surface area contributed by atoms with E-state index in [4.69, 9.17) is 0 Å². The average Bonchev–Trinajstić information content (AvgIpc) is 3.03. The molecule has 4 rings (SSSR count). The Morgan fingerprint density at radius 2 is 2.00 bits per heavy atom. The van der Waals surface area contributed by atoms with E-state index in [1.54, 1.807) is 23.0 Å². The van der Waals surface area contributed by atoms with Crippen molar-refractivity contribution >= 4 is 28.4 Å². The molecular formula is C18H20N6O. The molecule has 0 radical (unpaired) electrons. The molecule has 7 nitrogen and oxygen atoms in total. The van der Waals surface area contributed by atoms with Gasteiger partial charge in [-0.3, -0.25) is 4.79 Å². The lowest BCUT2D eigenvalue weighted by molar-refractivity contribution is 0.102. The first-order valence-corrected chi connectivity index (χ1v) is 8.53. The number of aromatic nitrogens is 4. The normalized spacial score (nSPS) is 14.7. The molecule has 0 bridgehead atoms. The van der Waals surface area contributed by atoms with Gasteiger partial charge in [-0.05, 0) is 49.6 Å². The molecule has 7 heteroatoms. The number of amides is 1. The summed E-state index contributed by atoms with van der Waals surface area (Å²) < 4.78 is 1.69. The van der Waals surface area contributed by atoms with Crippen molar-refractivity contribution in [2.75, 3.05) is 23.3 Å². The van der Waals surface area contributed by atoms with Crippen LogP contribution in [0, 0.1) is 0 Å². The SMILES string of the molecule is Cn1nnc2cc(C(=O)Nc3cccnc3N3CCCCC3)ccc21. The van der Waals surface area contributed by atoms with E-state index < -0.39 is 0 Å². The lowest BCUT2D eigenvalue weighted by atomic mass is 10.1. The number of carbonyl (C=O) groups is 1. The monoisotopic (exact) mass is 336 g/mol. The minimum Gasteiger partial charge on any atom is -0.355 e. The van der Waals surface area contributed by atoms with Crippen LogP contribution in [0.25, 0.3) is 11.0 Å². The van der Waals surface area contributed by atoms with Gasteiger partial charge < -0.3 is 10.2 Å². The Hall–Kier alpha value is -2.96. The number of rotatable bonds is 3. The summed E-state index contributed by atoms with van der Waals surface area (Å²) in [5.74, 6) is 0.676. The van der Waals surface area contributed by atoms with Crippen LogP contribution in [0.2, 0.25) is 0 Å². The van der Waals surface area contributed by atoms with Gasteiger partial charge in [-0.15, -0.1) is 5.10 Å². The quantitative estimate of drug-likeness (QED) is 0.796. The van der Waals surface area contributed by atoms with Crippen LogP contribution in [-0.4, -0.2) is 39.0 Å². The number of fused-ring (bicyclic) bond motifs is 1. The number of benzene rings is 1. The van der Waals surface area contributed by atoms with Crippen molar-refractivity contribution in [3.63, 3.8) is 0 Å². The van der Waals surface area contributed by atoms with Crippen molar-refractivity contribution in [1.82, 2.24) is 20.0 Å². The van der Waals surface area contributed by atoms with Crippen molar-refractivity contribution in [3.05, 3.63) is 42.1 Å². The molecule has 2 aromatic heterocycles. The van der Waals surface area contributed by atoms with Gasteiger partial charge in [-0.2, -0.15) is 0 Å². The van der Waals surface area contributed by atoms with Crippen LogP contribution in [0.3, 0.4) is 0 Å². The zero-order chi connectivity index (χ0) is 17.2. The Bertz CT molecular complexity index is 913. The number of anilines is 2. The molecule has 128 valence electrons. The van der Waals surface area contributed by atoms with Gasteiger partial charge in [0.25, 0.3) is 5.91 Å². The average molecular weight is 336 g/mol. The molecule has 3 aromatic rings. The van der Waals surface area contributed by atoms with E-state index in [-0.39, 0.29) is 5.91 Å². The van der Waals surface area contributed by atoms with E-state index in [1.807, 2.05) is 25.2 Å². The van der Waals surface area contributed by atoms with Crippen molar-refractivity contribution < 1.29 is 4.79 Å². The first-order chi connectivity index (χ1) is 12.2. The number of hydrogen-bond donors (Lipinski definition) is 1. The minimum atomic E-state index is -0.168. The number of piperidine rings is 1. The maximum absolute atomic E-state index is 12.7. The van der Waals surface area contributed by atoms with Crippen LogP contribution >= 0.6 is 0 Å². The van der Waals surface area contributed by atoms with Crippen molar-refractivity contribution in [3.8, 4) is 0 Å². The summed E-state index contributed by atoms with van der Waals surface area (Å²) >= 11 is 0. The molecule has 0 spiro atoms. The second kappa shape index (κ2) is 6.51. The molecule has 0 unspecified atom stereocenters. The molecule has 0 atom stereocenters. The fourth-order valence-electron chi connectivity index (χ4n) is 3.23. The summed E-state index contributed by atoms with van der Waals surface area (Å²) in [7, 11) is 1.83. The minimum absolute atomic E-state index is 0.168. The molecule has 1 aliphatic heterocycles. The molecular weight excluding hydrogens is 316 g/mol. The third-order valence-electron chi connectivity index (χ3n) is 4.56. The van der Waals surface area contributed by atoms with E-state index in [0.29, 0.717) is 11.1 Å². The second-order valence-corrected chi connectivity index (χ2v) is 6.29. The smallest absolute Gasteiger partial charge is 0.255 e. The van der Waals surface area contributed by atoms with Gasteiger partial charge in [0.1, 0.15) is 5.52 Å². The Balaban J connectivity index is 1.59. The fourth-order valence-corrected chi connectivity index (χ4v) is 3.23. The lowest BCUT2D eigenvalue weighted by Gasteiger charge is -2.29. The van der Waals surface area contributed by atoms with E-state index in [9.17, 15) is 4.79 Å². The lowest BCUT2D eigenvalue weighted by Crippen LogP contribution is -2.31. The van der Waals surface area contributed by atoms with Crippen LogP contribution in [0.1, 0.15) is 29.6 Å². The number of nitrogens with one attached hydrogen (secondary N) is 1. The number of pyridine rings is 1. The largest absolute Gasteiger partial charge is 0.355 e. The summed E-state index contributed by atoms with van der Waals surface area (Å²) in [6.07, 6.45) is 5.34. The molecule has 1 fully saturated rings.